The van der Waals surface area contributed by atoms with Gasteiger partial charge in [0.1, 0.15) is 0 Å². The first-order valence-corrected chi connectivity index (χ1v) is 10.5. The minimum absolute atomic E-state index is 0.00481. The van der Waals surface area contributed by atoms with Crippen LogP contribution in [0.25, 0.3) is 0 Å². The van der Waals surface area contributed by atoms with Crippen LogP contribution in [0.4, 0.5) is 13.2 Å². The lowest BCUT2D eigenvalue weighted by atomic mass is 9.83. The molecule has 2 N–H and O–H groups in total. The van der Waals surface area contributed by atoms with Crippen molar-refractivity contribution < 1.29 is 26.4 Å². The minimum Gasteiger partial charge on any atom is -0.351 e. The highest BCUT2D eigenvalue weighted by molar-refractivity contribution is 7.89. The maximum absolute atomic E-state index is 13.0. The van der Waals surface area contributed by atoms with Crippen molar-refractivity contribution in [3.05, 3.63) is 77.9 Å². The Morgan fingerprint density at radius 3 is 2.23 bits per heavy atom. The Morgan fingerprint density at radius 1 is 1.07 bits per heavy atom. The van der Waals surface area contributed by atoms with E-state index in [9.17, 15) is 26.4 Å². The molecule has 0 heterocycles. The fourth-order valence-electron chi connectivity index (χ4n) is 2.66. The van der Waals surface area contributed by atoms with Gasteiger partial charge in [0.05, 0.1) is 10.5 Å². The molecule has 2 rings (SSSR count). The zero-order chi connectivity index (χ0) is 22.6. The lowest BCUT2D eigenvalue weighted by Gasteiger charge is -2.26. The molecule has 5 nitrogen and oxygen atoms in total. The second-order valence-corrected chi connectivity index (χ2v) is 9.08. The van der Waals surface area contributed by atoms with Crippen molar-refractivity contribution in [2.45, 2.75) is 30.3 Å². The lowest BCUT2D eigenvalue weighted by Crippen LogP contribution is -2.36. The summed E-state index contributed by atoms with van der Waals surface area (Å²) >= 11 is 0. The molecule has 0 unspecified atom stereocenters. The molecular weight excluding hydrogens is 417 g/mol. The van der Waals surface area contributed by atoms with E-state index in [1.54, 1.807) is 19.9 Å². The summed E-state index contributed by atoms with van der Waals surface area (Å²) in [6.45, 7) is 7.06. The quantitative estimate of drug-likeness (QED) is 0.612. The van der Waals surface area contributed by atoms with Gasteiger partial charge in [-0.15, -0.1) is 6.58 Å². The number of hydrogen-bond donors (Lipinski definition) is 2. The third-order valence-corrected chi connectivity index (χ3v) is 5.95. The first-order chi connectivity index (χ1) is 13.9. The summed E-state index contributed by atoms with van der Waals surface area (Å²) in [4.78, 5) is 12.4. The molecule has 162 valence electrons. The highest BCUT2D eigenvalue weighted by Gasteiger charge is 2.32. The molecule has 0 aliphatic carbocycles. The molecule has 2 aromatic carbocycles. The van der Waals surface area contributed by atoms with Gasteiger partial charge in [-0.3, -0.25) is 4.79 Å². The summed E-state index contributed by atoms with van der Waals surface area (Å²) in [7, 11) is -3.70. The number of carbonyl (C=O) groups excluding carboxylic acids is 1. The van der Waals surface area contributed by atoms with E-state index in [1.807, 2.05) is 0 Å². The highest BCUT2D eigenvalue weighted by Crippen LogP contribution is 2.32. The minimum atomic E-state index is -4.45. The molecule has 0 fully saturated rings. The van der Waals surface area contributed by atoms with Crippen molar-refractivity contribution in [3.63, 3.8) is 0 Å². The maximum atomic E-state index is 13.0. The standard InChI is InChI=1S/C21H23F3N2O3S/c1-4-12-26-30(28,29)18-10-8-15(9-11-18)19(27)25-14-20(2,3)16-6-5-7-17(13-16)21(22,23)24/h4-11,13,26H,1,12,14H2,2-3H3,(H,25,27). The molecule has 0 aromatic heterocycles. The predicted molar refractivity (Wildman–Crippen MR) is 109 cm³/mol. The van der Waals surface area contributed by atoms with Gasteiger partial charge in [0.15, 0.2) is 0 Å². The lowest BCUT2D eigenvalue weighted by molar-refractivity contribution is -0.137. The van der Waals surface area contributed by atoms with Crippen LogP contribution in [0.5, 0.6) is 0 Å². The van der Waals surface area contributed by atoms with Gasteiger partial charge in [-0.1, -0.05) is 38.1 Å². The number of carbonyl (C=O) groups is 1. The molecule has 2 aromatic rings. The molecule has 0 aliphatic heterocycles. The van der Waals surface area contributed by atoms with Crippen LogP contribution in [-0.2, 0) is 21.6 Å². The molecule has 0 saturated carbocycles. The van der Waals surface area contributed by atoms with Gasteiger partial charge in [0, 0.05) is 24.1 Å². The molecular formula is C21H23F3N2O3S. The van der Waals surface area contributed by atoms with E-state index < -0.39 is 33.1 Å². The van der Waals surface area contributed by atoms with Crippen molar-refractivity contribution in [2.24, 2.45) is 0 Å². The van der Waals surface area contributed by atoms with Crippen molar-refractivity contribution in [1.82, 2.24) is 10.0 Å². The fraction of sp³-hybridized carbons (Fsp3) is 0.286. The van der Waals surface area contributed by atoms with Crippen LogP contribution in [0.2, 0.25) is 0 Å². The van der Waals surface area contributed by atoms with Crippen LogP contribution in [0.3, 0.4) is 0 Å². The van der Waals surface area contributed by atoms with Gasteiger partial charge in [-0.25, -0.2) is 13.1 Å². The Hall–Kier alpha value is -2.65. The number of sulfonamides is 1. The molecule has 1 amide bonds. The largest absolute Gasteiger partial charge is 0.416 e. The average Bonchev–Trinajstić information content (AvgIpc) is 2.70. The van der Waals surface area contributed by atoms with E-state index in [0.29, 0.717) is 5.56 Å². The number of halogens is 3. The molecule has 0 atom stereocenters. The smallest absolute Gasteiger partial charge is 0.351 e. The Kier molecular flexibility index (Phi) is 7.10. The van der Waals surface area contributed by atoms with Gasteiger partial charge in [-0.05, 0) is 35.9 Å². The second kappa shape index (κ2) is 9.01. The van der Waals surface area contributed by atoms with Crippen LogP contribution in [-0.4, -0.2) is 27.4 Å². The van der Waals surface area contributed by atoms with Gasteiger partial charge < -0.3 is 5.32 Å². The van der Waals surface area contributed by atoms with E-state index in [4.69, 9.17) is 0 Å². The second-order valence-electron chi connectivity index (χ2n) is 7.31. The van der Waals surface area contributed by atoms with E-state index in [1.165, 1.54) is 36.4 Å². The number of nitrogens with one attached hydrogen (secondary N) is 2. The third-order valence-electron chi connectivity index (χ3n) is 4.51. The van der Waals surface area contributed by atoms with Crippen LogP contribution in [0.1, 0.15) is 35.3 Å². The van der Waals surface area contributed by atoms with Crippen LogP contribution >= 0.6 is 0 Å². The number of rotatable bonds is 8. The first-order valence-electron chi connectivity index (χ1n) is 9.03. The SMILES string of the molecule is C=CCNS(=O)(=O)c1ccc(C(=O)NCC(C)(C)c2cccc(C(F)(F)F)c2)cc1. The molecule has 0 spiro atoms. The fourth-order valence-corrected chi connectivity index (χ4v) is 3.66. The summed E-state index contributed by atoms with van der Waals surface area (Å²) in [6.07, 6.45) is -3.04. The highest BCUT2D eigenvalue weighted by atomic mass is 32.2. The number of hydrogen-bond acceptors (Lipinski definition) is 3. The molecule has 0 saturated heterocycles. The van der Waals surface area contributed by atoms with Gasteiger partial charge in [0.2, 0.25) is 10.0 Å². The summed E-state index contributed by atoms with van der Waals surface area (Å²) in [5.74, 6) is -0.460. The molecule has 30 heavy (non-hydrogen) atoms. The monoisotopic (exact) mass is 440 g/mol. The normalized spacial score (nSPS) is 12.4. The van der Waals surface area contributed by atoms with E-state index in [2.05, 4.69) is 16.6 Å². The number of benzene rings is 2. The average molecular weight is 440 g/mol. The zero-order valence-electron chi connectivity index (χ0n) is 16.6. The topological polar surface area (TPSA) is 75.3 Å². The Morgan fingerprint density at radius 2 is 1.67 bits per heavy atom. The summed E-state index contributed by atoms with van der Waals surface area (Å²) in [5, 5.41) is 2.69. The van der Waals surface area contributed by atoms with Gasteiger partial charge in [-0.2, -0.15) is 13.2 Å². The summed E-state index contributed by atoms with van der Waals surface area (Å²) in [5.41, 5.74) is -0.833. The number of alkyl halides is 3. The zero-order valence-corrected chi connectivity index (χ0v) is 17.4. The van der Waals surface area contributed by atoms with E-state index in [0.717, 1.165) is 12.1 Å². The molecule has 0 radical (unpaired) electrons. The Balaban J connectivity index is 2.09. The number of amides is 1. The van der Waals surface area contributed by atoms with Crippen molar-refractivity contribution >= 4 is 15.9 Å². The van der Waals surface area contributed by atoms with Crippen molar-refractivity contribution in [1.29, 1.82) is 0 Å². The summed E-state index contributed by atoms with van der Waals surface area (Å²) < 4.78 is 65.3. The summed E-state index contributed by atoms with van der Waals surface area (Å²) in [6, 6.07) is 10.3. The van der Waals surface area contributed by atoms with Gasteiger partial charge in [0.25, 0.3) is 5.91 Å². The third kappa shape index (κ3) is 5.93. The van der Waals surface area contributed by atoms with Crippen LogP contribution in [0, 0.1) is 0 Å². The van der Waals surface area contributed by atoms with Gasteiger partial charge >= 0.3 is 6.18 Å². The Bertz CT molecular complexity index is 1010. The van der Waals surface area contributed by atoms with Crippen molar-refractivity contribution in [3.8, 4) is 0 Å². The van der Waals surface area contributed by atoms with Crippen LogP contribution < -0.4 is 10.0 Å². The molecule has 9 heteroatoms. The predicted octanol–water partition coefficient (Wildman–Crippen LogP) is 3.88. The Labute approximate surface area is 174 Å². The molecule has 0 aliphatic rings. The van der Waals surface area contributed by atoms with E-state index >= 15 is 0 Å². The van der Waals surface area contributed by atoms with Crippen LogP contribution in [0.15, 0.2) is 66.1 Å². The first kappa shape index (κ1) is 23.6. The van der Waals surface area contributed by atoms with Crippen molar-refractivity contribution in [2.75, 3.05) is 13.1 Å². The van der Waals surface area contributed by atoms with E-state index in [-0.39, 0.29) is 23.5 Å². The maximum Gasteiger partial charge on any atom is 0.416 e. The molecule has 0 bridgehead atoms.